The van der Waals surface area contributed by atoms with Gasteiger partial charge >= 0.3 is 0 Å². The maximum atomic E-state index is 2.88. The topological polar surface area (TPSA) is 0 Å². The zero-order valence-corrected chi connectivity index (χ0v) is 7.17. The van der Waals surface area contributed by atoms with Crippen LogP contribution in [0.2, 0.25) is 0 Å². The number of rotatable bonds is 0. The molecule has 0 nitrogen and oxygen atoms in total. The van der Waals surface area contributed by atoms with Gasteiger partial charge in [0.15, 0.2) is 0 Å². The minimum Gasteiger partial charge on any atom is -0.127 e. The van der Waals surface area contributed by atoms with Gasteiger partial charge in [0.05, 0.1) is 0 Å². The van der Waals surface area contributed by atoms with Crippen LogP contribution in [0.4, 0.5) is 0 Å². The molecule has 0 aliphatic heterocycles. The van der Waals surface area contributed by atoms with Crippen LogP contribution >= 0.6 is 9.24 Å². The molecule has 0 saturated heterocycles. The molecule has 0 radical (unpaired) electrons. The van der Waals surface area contributed by atoms with E-state index in [1.54, 1.807) is 0 Å². The molecule has 0 heterocycles. The van der Waals surface area contributed by atoms with Crippen LogP contribution in [0, 0.1) is 0 Å². The van der Waals surface area contributed by atoms with Crippen LogP contribution in [0.1, 0.15) is 20.3 Å². The van der Waals surface area contributed by atoms with E-state index >= 15 is 0 Å². The Morgan fingerprint density at radius 1 is 1.67 bits per heavy atom. The largest absolute Gasteiger partial charge is 0.127 e. The van der Waals surface area contributed by atoms with Crippen molar-refractivity contribution in [3.05, 3.63) is 23.8 Å². The molecule has 0 amide bonds. The molecule has 1 rings (SSSR count). The van der Waals surface area contributed by atoms with Gasteiger partial charge in [-0.05, 0) is 13.3 Å². The van der Waals surface area contributed by atoms with Gasteiger partial charge < -0.3 is 0 Å². The second kappa shape index (κ2) is 2.27. The first kappa shape index (κ1) is 7.02. The van der Waals surface area contributed by atoms with Crippen molar-refractivity contribution in [1.82, 2.24) is 0 Å². The summed E-state index contributed by atoms with van der Waals surface area (Å²) in [7, 11) is 2.88. The Morgan fingerprint density at radius 2 is 2.33 bits per heavy atom. The van der Waals surface area contributed by atoms with Crippen LogP contribution in [0.5, 0.6) is 0 Å². The van der Waals surface area contributed by atoms with Crippen LogP contribution in [-0.2, 0) is 0 Å². The number of hydrogen-bond donors (Lipinski definition) is 0. The van der Waals surface area contributed by atoms with E-state index in [-0.39, 0.29) is 0 Å². The van der Waals surface area contributed by atoms with E-state index in [2.05, 4.69) is 41.3 Å². The van der Waals surface area contributed by atoms with Crippen molar-refractivity contribution in [1.29, 1.82) is 0 Å². The lowest BCUT2D eigenvalue weighted by atomic mass is 9.94. The maximum Gasteiger partial charge on any atom is 0.00632 e. The highest BCUT2D eigenvalue weighted by Crippen LogP contribution is 2.33. The number of allylic oxidation sites excluding steroid dienone is 4. The molecule has 1 aliphatic carbocycles. The van der Waals surface area contributed by atoms with E-state index in [1.807, 2.05) is 0 Å². The highest BCUT2D eigenvalue weighted by Gasteiger charge is 2.19. The van der Waals surface area contributed by atoms with Gasteiger partial charge in [0.2, 0.25) is 0 Å². The van der Waals surface area contributed by atoms with Gasteiger partial charge in [0, 0.05) is 5.16 Å². The van der Waals surface area contributed by atoms with Crippen molar-refractivity contribution in [2.45, 2.75) is 25.4 Å². The Morgan fingerprint density at radius 3 is 2.67 bits per heavy atom. The first-order valence-corrected chi connectivity index (χ1v) is 3.83. The fraction of sp³-hybridized carbons (Fsp3) is 0.500. The Bertz CT molecular complexity index is 163. The molecule has 2 unspecified atom stereocenters. The molecule has 9 heavy (non-hydrogen) atoms. The van der Waals surface area contributed by atoms with Crippen LogP contribution in [0.3, 0.4) is 0 Å². The minimum absolute atomic E-state index is 0.328. The fourth-order valence-electron chi connectivity index (χ4n) is 0.877. The van der Waals surface area contributed by atoms with Gasteiger partial charge in [-0.3, -0.25) is 0 Å². The Kier molecular flexibility index (Phi) is 1.77. The Balaban J connectivity index is 2.83. The minimum atomic E-state index is 0.328. The quantitative estimate of drug-likeness (QED) is 0.453. The van der Waals surface area contributed by atoms with Crippen LogP contribution in [0.25, 0.3) is 0 Å². The molecule has 0 aromatic carbocycles. The molecule has 1 heteroatoms. The SMILES string of the molecule is CC1=CC=CCC1(C)P. The van der Waals surface area contributed by atoms with Gasteiger partial charge in [-0.15, -0.1) is 9.24 Å². The summed E-state index contributed by atoms with van der Waals surface area (Å²) < 4.78 is 0. The molecule has 0 spiro atoms. The lowest BCUT2D eigenvalue weighted by Crippen LogP contribution is -2.17. The second-order valence-electron chi connectivity index (χ2n) is 2.90. The van der Waals surface area contributed by atoms with Crippen molar-refractivity contribution in [3.63, 3.8) is 0 Å². The monoisotopic (exact) mass is 140 g/mol. The third-order valence-electron chi connectivity index (χ3n) is 1.93. The molecule has 2 atom stereocenters. The van der Waals surface area contributed by atoms with Crippen molar-refractivity contribution >= 4 is 9.24 Å². The number of hydrogen-bond acceptors (Lipinski definition) is 0. The first-order chi connectivity index (χ1) is 4.13. The van der Waals surface area contributed by atoms with Gasteiger partial charge in [0.25, 0.3) is 0 Å². The summed E-state index contributed by atoms with van der Waals surface area (Å²) >= 11 is 0. The third kappa shape index (κ3) is 1.43. The van der Waals surface area contributed by atoms with E-state index in [1.165, 1.54) is 5.57 Å². The summed E-state index contributed by atoms with van der Waals surface area (Å²) in [5.41, 5.74) is 1.45. The normalized spacial score (nSPS) is 34.3. The molecule has 0 aromatic heterocycles. The molecule has 0 bridgehead atoms. The first-order valence-electron chi connectivity index (χ1n) is 3.26. The Hall–Kier alpha value is -0.0900. The Labute approximate surface area is 59.2 Å². The smallest absolute Gasteiger partial charge is 0.00632 e. The van der Waals surface area contributed by atoms with Gasteiger partial charge in [0.1, 0.15) is 0 Å². The van der Waals surface area contributed by atoms with Crippen molar-refractivity contribution < 1.29 is 0 Å². The zero-order chi connectivity index (χ0) is 6.91. The third-order valence-corrected chi connectivity index (χ3v) is 2.62. The van der Waals surface area contributed by atoms with E-state index in [0.717, 1.165) is 6.42 Å². The predicted molar refractivity (Wildman–Crippen MR) is 45.6 cm³/mol. The van der Waals surface area contributed by atoms with E-state index < -0.39 is 0 Å². The van der Waals surface area contributed by atoms with E-state index in [9.17, 15) is 0 Å². The van der Waals surface area contributed by atoms with E-state index in [4.69, 9.17) is 0 Å². The summed E-state index contributed by atoms with van der Waals surface area (Å²) in [4.78, 5) is 0. The van der Waals surface area contributed by atoms with Crippen LogP contribution in [0.15, 0.2) is 23.8 Å². The lowest BCUT2D eigenvalue weighted by Gasteiger charge is -2.25. The standard InChI is InChI=1S/C8H13P/c1-7-5-3-4-6-8(7,2)9/h3-5H,6,9H2,1-2H3. The highest BCUT2D eigenvalue weighted by molar-refractivity contribution is 7.19. The van der Waals surface area contributed by atoms with Crippen molar-refractivity contribution in [3.8, 4) is 0 Å². The molecule has 0 saturated carbocycles. The molecule has 0 aromatic rings. The average Bonchev–Trinajstić information content (AvgIpc) is 1.77. The zero-order valence-electron chi connectivity index (χ0n) is 6.02. The predicted octanol–water partition coefficient (Wildman–Crippen LogP) is 2.53. The van der Waals surface area contributed by atoms with Gasteiger partial charge in [-0.25, -0.2) is 0 Å². The van der Waals surface area contributed by atoms with Gasteiger partial charge in [-0.1, -0.05) is 30.7 Å². The highest BCUT2D eigenvalue weighted by atomic mass is 31.0. The summed E-state index contributed by atoms with van der Waals surface area (Å²) in [6.07, 6.45) is 7.66. The summed E-state index contributed by atoms with van der Waals surface area (Å²) in [5, 5.41) is 0.328. The average molecular weight is 140 g/mol. The van der Waals surface area contributed by atoms with Gasteiger partial charge in [-0.2, -0.15) is 0 Å². The van der Waals surface area contributed by atoms with Crippen molar-refractivity contribution in [2.75, 3.05) is 0 Å². The lowest BCUT2D eigenvalue weighted by molar-refractivity contribution is 0.746. The molecular formula is C8H13P. The van der Waals surface area contributed by atoms with Crippen LogP contribution in [-0.4, -0.2) is 5.16 Å². The molecule has 0 N–H and O–H groups in total. The molecule has 1 aliphatic rings. The maximum absolute atomic E-state index is 2.88. The summed E-state index contributed by atoms with van der Waals surface area (Å²) in [5.74, 6) is 0. The summed E-state index contributed by atoms with van der Waals surface area (Å²) in [6, 6.07) is 0. The molecule has 0 fully saturated rings. The second-order valence-corrected chi connectivity index (χ2v) is 4.17. The van der Waals surface area contributed by atoms with E-state index in [0.29, 0.717) is 5.16 Å². The fourth-order valence-corrected chi connectivity index (χ4v) is 1.11. The summed E-state index contributed by atoms with van der Waals surface area (Å²) in [6.45, 7) is 4.42. The molecular weight excluding hydrogens is 127 g/mol. The van der Waals surface area contributed by atoms with Crippen molar-refractivity contribution in [2.24, 2.45) is 0 Å². The molecule has 50 valence electrons. The van der Waals surface area contributed by atoms with Crippen LogP contribution < -0.4 is 0 Å².